The Morgan fingerprint density at radius 2 is 1.47 bits per heavy atom. The van der Waals surface area contributed by atoms with Crippen molar-refractivity contribution in [3.63, 3.8) is 0 Å². The molecule has 3 rings (SSSR count). The Labute approximate surface area is 202 Å². The van der Waals surface area contributed by atoms with Gasteiger partial charge in [-0.1, -0.05) is 55.3 Å². The number of carboxylic acids is 1. The lowest BCUT2D eigenvalue weighted by Crippen LogP contribution is -2.09. The molecule has 0 radical (unpaired) electrons. The van der Waals surface area contributed by atoms with Gasteiger partial charge in [0.1, 0.15) is 17.2 Å². The molecular formula is C28H35NO5. The predicted octanol–water partition coefficient (Wildman–Crippen LogP) is 6.28. The van der Waals surface area contributed by atoms with E-state index in [2.05, 4.69) is 36.5 Å². The number of benzene rings is 3. The summed E-state index contributed by atoms with van der Waals surface area (Å²) in [6.07, 6.45) is 0.791. The number of hydrogen-bond donors (Lipinski definition) is 2. The van der Waals surface area contributed by atoms with Crippen LogP contribution in [0.15, 0.2) is 54.6 Å². The first-order valence-electron chi connectivity index (χ1n) is 11.4. The number of methoxy groups -OCH3 is 2. The normalized spacial score (nSPS) is 10.1. The highest BCUT2D eigenvalue weighted by Gasteiger charge is 2.16. The predicted molar refractivity (Wildman–Crippen MR) is 137 cm³/mol. The standard InChI is InChI=1S/C26H29NO5.C2H6/c1-17-5-8-19(9-6-17)11-12-32-20-14-24(30-3)22(25(15-20)31-4)16-27-23-10-7-18(2)13-21(23)26(28)29;1-2/h5-10,13-15,27H,11-12,16H2,1-4H3,(H,28,29);1-2H3. The third-order valence-electron chi connectivity index (χ3n) is 5.22. The van der Waals surface area contributed by atoms with Crippen molar-refractivity contribution in [2.45, 2.75) is 40.7 Å². The van der Waals surface area contributed by atoms with Crippen LogP contribution in [0.3, 0.4) is 0 Å². The average molecular weight is 466 g/mol. The number of carboxylic acid groups (broad SMARTS) is 1. The maximum Gasteiger partial charge on any atom is 0.337 e. The Morgan fingerprint density at radius 3 is 2.03 bits per heavy atom. The van der Waals surface area contributed by atoms with Crippen molar-refractivity contribution in [2.75, 3.05) is 26.1 Å². The lowest BCUT2D eigenvalue weighted by Gasteiger charge is -2.17. The summed E-state index contributed by atoms with van der Waals surface area (Å²) in [6.45, 7) is 8.79. The van der Waals surface area contributed by atoms with Gasteiger partial charge in [-0.05, 0) is 31.5 Å². The first-order valence-corrected chi connectivity index (χ1v) is 11.4. The molecule has 0 saturated heterocycles. The molecule has 6 nitrogen and oxygen atoms in total. The molecule has 0 unspecified atom stereocenters. The van der Waals surface area contributed by atoms with Gasteiger partial charge in [0, 0.05) is 30.8 Å². The van der Waals surface area contributed by atoms with Gasteiger partial charge in [0.25, 0.3) is 0 Å². The van der Waals surface area contributed by atoms with Gasteiger partial charge in [-0.3, -0.25) is 0 Å². The summed E-state index contributed by atoms with van der Waals surface area (Å²) in [5, 5.41) is 12.7. The highest BCUT2D eigenvalue weighted by Crippen LogP contribution is 2.35. The highest BCUT2D eigenvalue weighted by molar-refractivity contribution is 5.94. The maximum absolute atomic E-state index is 11.6. The highest BCUT2D eigenvalue weighted by atomic mass is 16.5. The minimum atomic E-state index is -0.979. The van der Waals surface area contributed by atoms with E-state index in [9.17, 15) is 9.90 Å². The quantitative estimate of drug-likeness (QED) is 0.367. The molecule has 0 aromatic heterocycles. The van der Waals surface area contributed by atoms with Crippen molar-refractivity contribution >= 4 is 11.7 Å². The van der Waals surface area contributed by atoms with E-state index in [-0.39, 0.29) is 5.56 Å². The zero-order valence-corrected chi connectivity index (χ0v) is 20.9. The summed E-state index contributed by atoms with van der Waals surface area (Å²) >= 11 is 0. The molecule has 0 aliphatic rings. The van der Waals surface area contributed by atoms with Gasteiger partial charge in [0.2, 0.25) is 0 Å². The summed E-state index contributed by atoms with van der Waals surface area (Å²) in [4.78, 5) is 11.6. The van der Waals surface area contributed by atoms with Crippen LogP contribution >= 0.6 is 0 Å². The number of rotatable bonds is 10. The van der Waals surface area contributed by atoms with E-state index in [0.29, 0.717) is 36.1 Å². The molecule has 0 aliphatic carbocycles. The third-order valence-corrected chi connectivity index (χ3v) is 5.22. The first-order chi connectivity index (χ1) is 16.4. The van der Waals surface area contributed by atoms with Crippen molar-refractivity contribution in [2.24, 2.45) is 0 Å². The molecule has 0 saturated carbocycles. The third kappa shape index (κ3) is 7.17. The van der Waals surface area contributed by atoms with Crippen molar-refractivity contribution in [3.8, 4) is 17.2 Å². The average Bonchev–Trinajstić information content (AvgIpc) is 2.85. The largest absolute Gasteiger partial charge is 0.496 e. The molecule has 0 heterocycles. The zero-order valence-electron chi connectivity index (χ0n) is 20.9. The number of ether oxygens (including phenoxy) is 3. The fourth-order valence-electron chi connectivity index (χ4n) is 3.43. The lowest BCUT2D eigenvalue weighted by atomic mass is 10.1. The molecule has 0 aliphatic heterocycles. The topological polar surface area (TPSA) is 77.0 Å². The van der Waals surface area contributed by atoms with Gasteiger partial charge in [-0.2, -0.15) is 0 Å². The molecule has 0 amide bonds. The number of carbonyl (C=O) groups is 1. The number of aryl methyl sites for hydroxylation is 2. The number of nitrogens with one attached hydrogen (secondary N) is 1. The second kappa shape index (κ2) is 13.1. The monoisotopic (exact) mass is 465 g/mol. The number of anilines is 1. The van der Waals surface area contributed by atoms with Gasteiger partial charge >= 0.3 is 5.97 Å². The van der Waals surface area contributed by atoms with Crippen LogP contribution in [0.2, 0.25) is 0 Å². The second-order valence-corrected chi connectivity index (χ2v) is 7.60. The van der Waals surface area contributed by atoms with Crippen LogP contribution in [-0.4, -0.2) is 31.9 Å². The molecule has 3 aromatic rings. The summed E-state index contributed by atoms with van der Waals surface area (Å²) in [6, 6.07) is 17.3. The van der Waals surface area contributed by atoms with E-state index >= 15 is 0 Å². The van der Waals surface area contributed by atoms with Crippen LogP contribution < -0.4 is 19.5 Å². The van der Waals surface area contributed by atoms with Crippen molar-refractivity contribution < 1.29 is 24.1 Å². The van der Waals surface area contributed by atoms with E-state index in [1.165, 1.54) is 11.1 Å². The maximum atomic E-state index is 11.6. The molecule has 2 N–H and O–H groups in total. The molecule has 0 spiro atoms. The Bertz CT molecular complexity index is 1050. The minimum absolute atomic E-state index is 0.221. The molecule has 0 atom stereocenters. The second-order valence-electron chi connectivity index (χ2n) is 7.60. The fourth-order valence-corrected chi connectivity index (χ4v) is 3.43. The molecule has 6 heteroatoms. The van der Waals surface area contributed by atoms with E-state index in [0.717, 1.165) is 17.5 Å². The van der Waals surface area contributed by atoms with E-state index in [4.69, 9.17) is 14.2 Å². The fraction of sp³-hybridized carbons (Fsp3) is 0.321. The molecule has 34 heavy (non-hydrogen) atoms. The Kier molecular flexibility index (Phi) is 10.3. The summed E-state index contributed by atoms with van der Waals surface area (Å²) in [7, 11) is 3.17. The van der Waals surface area contributed by atoms with E-state index in [1.54, 1.807) is 26.4 Å². The Hall–Kier alpha value is -3.67. The van der Waals surface area contributed by atoms with Crippen LogP contribution in [-0.2, 0) is 13.0 Å². The van der Waals surface area contributed by atoms with Gasteiger partial charge < -0.3 is 24.6 Å². The van der Waals surface area contributed by atoms with Gasteiger partial charge in [-0.15, -0.1) is 0 Å². The smallest absolute Gasteiger partial charge is 0.337 e. The van der Waals surface area contributed by atoms with Crippen LogP contribution in [0.25, 0.3) is 0 Å². The van der Waals surface area contributed by atoms with Crippen LogP contribution in [0, 0.1) is 13.8 Å². The Balaban J connectivity index is 0.00000199. The molecular weight excluding hydrogens is 430 g/mol. The van der Waals surface area contributed by atoms with Gasteiger partial charge in [-0.25, -0.2) is 4.79 Å². The summed E-state index contributed by atoms with van der Waals surface area (Å²) in [5.41, 5.74) is 4.86. The Morgan fingerprint density at radius 1 is 0.882 bits per heavy atom. The van der Waals surface area contributed by atoms with Crippen LogP contribution in [0.4, 0.5) is 5.69 Å². The summed E-state index contributed by atoms with van der Waals surface area (Å²) in [5.74, 6) is 0.876. The van der Waals surface area contributed by atoms with Crippen molar-refractivity contribution in [1.82, 2.24) is 0 Å². The van der Waals surface area contributed by atoms with E-state index < -0.39 is 5.97 Å². The van der Waals surface area contributed by atoms with Gasteiger partial charge in [0.05, 0.1) is 32.0 Å². The first kappa shape index (κ1) is 26.6. The molecule has 3 aromatic carbocycles. The SMILES string of the molecule is CC.COc1cc(OCCc2ccc(C)cc2)cc(OC)c1CNc1ccc(C)cc1C(=O)O. The zero-order chi connectivity index (χ0) is 25.1. The number of aromatic carboxylic acids is 1. The number of hydrogen-bond acceptors (Lipinski definition) is 5. The van der Waals surface area contributed by atoms with Crippen molar-refractivity contribution in [1.29, 1.82) is 0 Å². The molecule has 0 bridgehead atoms. The summed E-state index contributed by atoms with van der Waals surface area (Å²) < 4.78 is 17.1. The molecule has 0 fully saturated rings. The van der Waals surface area contributed by atoms with E-state index in [1.807, 2.05) is 39.0 Å². The van der Waals surface area contributed by atoms with Crippen LogP contribution in [0.1, 0.15) is 46.5 Å². The minimum Gasteiger partial charge on any atom is -0.496 e. The van der Waals surface area contributed by atoms with Crippen LogP contribution in [0.5, 0.6) is 17.2 Å². The van der Waals surface area contributed by atoms with Crippen molar-refractivity contribution in [3.05, 3.63) is 82.4 Å². The lowest BCUT2D eigenvalue weighted by molar-refractivity contribution is 0.0697. The van der Waals surface area contributed by atoms with Gasteiger partial charge in [0.15, 0.2) is 0 Å². The molecule has 182 valence electrons.